The summed E-state index contributed by atoms with van der Waals surface area (Å²) >= 11 is 1.20. The molecule has 0 bridgehead atoms. The number of hydrogen-bond donors (Lipinski definition) is 1. The van der Waals surface area contributed by atoms with Crippen molar-refractivity contribution in [2.24, 2.45) is 7.05 Å². The standard InChI is InChI=1S/C19H19N5O4S/c1-12-5-4-6-13(9-12)18-21-22-19(23(18)2)29-11-17(25)20-15-8-7-14(28-3)10-16(15)24(26)27/h4-10H,11H2,1-3H3,(H,20,25). The average molecular weight is 413 g/mol. The Labute approximate surface area is 171 Å². The van der Waals surface area contributed by atoms with Crippen LogP contribution in [0.25, 0.3) is 11.4 Å². The summed E-state index contributed by atoms with van der Waals surface area (Å²) in [6.07, 6.45) is 0. The Morgan fingerprint density at radius 1 is 1.28 bits per heavy atom. The molecule has 0 radical (unpaired) electrons. The molecule has 9 nitrogen and oxygen atoms in total. The summed E-state index contributed by atoms with van der Waals surface area (Å²) in [5.74, 6) is 0.681. The summed E-state index contributed by atoms with van der Waals surface area (Å²) in [5, 5.41) is 22.7. The first kappa shape index (κ1) is 20.3. The molecule has 10 heteroatoms. The van der Waals surface area contributed by atoms with Crippen LogP contribution in [0.4, 0.5) is 11.4 Å². The van der Waals surface area contributed by atoms with E-state index >= 15 is 0 Å². The number of nitro benzene ring substituents is 1. The van der Waals surface area contributed by atoms with Gasteiger partial charge in [-0.05, 0) is 25.1 Å². The van der Waals surface area contributed by atoms with Gasteiger partial charge in [0.15, 0.2) is 11.0 Å². The van der Waals surface area contributed by atoms with Gasteiger partial charge in [-0.3, -0.25) is 14.9 Å². The smallest absolute Gasteiger partial charge is 0.296 e. The molecule has 2 aromatic carbocycles. The van der Waals surface area contributed by atoms with E-state index in [1.54, 1.807) is 6.07 Å². The van der Waals surface area contributed by atoms with E-state index in [2.05, 4.69) is 15.5 Å². The fraction of sp³-hybridized carbons (Fsp3) is 0.211. The largest absolute Gasteiger partial charge is 0.496 e. The van der Waals surface area contributed by atoms with Crippen LogP contribution in [0, 0.1) is 17.0 Å². The molecule has 0 saturated heterocycles. The molecule has 0 aliphatic heterocycles. The summed E-state index contributed by atoms with van der Waals surface area (Å²) < 4.78 is 6.80. The predicted octanol–water partition coefficient (Wildman–Crippen LogP) is 3.44. The van der Waals surface area contributed by atoms with Crippen molar-refractivity contribution in [1.29, 1.82) is 0 Å². The minimum absolute atomic E-state index is 0.0307. The fourth-order valence-corrected chi connectivity index (χ4v) is 3.40. The van der Waals surface area contributed by atoms with Crippen molar-refractivity contribution in [3.63, 3.8) is 0 Å². The molecule has 1 N–H and O–H groups in total. The topological polar surface area (TPSA) is 112 Å². The van der Waals surface area contributed by atoms with Crippen LogP contribution in [-0.2, 0) is 11.8 Å². The fourth-order valence-electron chi connectivity index (χ4n) is 2.69. The van der Waals surface area contributed by atoms with Gasteiger partial charge in [0.1, 0.15) is 11.4 Å². The van der Waals surface area contributed by atoms with E-state index < -0.39 is 4.92 Å². The molecule has 3 rings (SSSR count). The van der Waals surface area contributed by atoms with E-state index in [4.69, 9.17) is 4.74 Å². The van der Waals surface area contributed by atoms with Crippen molar-refractivity contribution in [3.05, 3.63) is 58.1 Å². The summed E-state index contributed by atoms with van der Waals surface area (Å²) in [7, 11) is 3.24. The van der Waals surface area contributed by atoms with Crippen molar-refractivity contribution in [2.45, 2.75) is 12.1 Å². The molecule has 0 fully saturated rings. The van der Waals surface area contributed by atoms with Crippen LogP contribution >= 0.6 is 11.8 Å². The zero-order valence-electron chi connectivity index (χ0n) is 16.1. The summed E-state index contributed by atoms with van der Waals surface area (Å²) in [6, 6.07) is 12.2. The van der Waals surface area contributed by atoms with Crippen LogP contribution in [0.3, 0.4) is 0 Å². The molecule has 29 heavy (non-hydrogen) atoms. The Morgan fingerprint density at radius 3 is 2.76 bits per heavy atom. The van der Waals surface area contributed by atoms with Crippen LogP contribution in [0.5, 0.6) is 5.75 Å². The maximum Gasteiger partial charge on any atom is 0.296 e. The highest BCUT2D eigenvalue weighted by molar-refractivity contribution is 7.99. The number of nitrogens with one attached hydrogen (secondary N) is 1. The molecule has 1 amide bonds. The molecule has 1 heterocycles. The number of aryl methyl sites for hydroxylation is 1. The second-order valence-corrected chi connectivity index (χ2v) is 7.15. The minimum atomic E-state index is -0.567. The minimum Gasteiger partial charge on any atom is -0.496 e. The SMILES string of the molecule is COc1ccc(NC(=O)CSc2nnc(-c3cccc(C)c3)n2C)c([N+](=O)[O-])c1. The van der Waals surface area contributed by atoms with Gasteiger partial charge in [0.2, 0.25) is 5.91 Å². The van der Waals surface area contributed by atoms with Gasteiger partial charge in [0.05, 0.1) is 23.9 Å². The van der Waals surface area contributed by atoms with Gasteiger partial charge < -0.3 is 14.6 Å². The lowest BCUT2D eigenvalue weighted by molar-refractivity contribution is -0.384. The van der Waals surface area contributed by atoms with Gasteiger partial charge in [-0.15, -0.1) is 10.2 Å². The number of methoxy groups -OCH3 is 1. The Balaban J connectivity index is 1.68. The molecular formula is C19H19N5O4S. The third-order valence-electron chi connectivity index (χ3n) is 4.12. The highest BCUT2D eigenvalue weighted by Crippen LogP contribution is 2.29. The predicted molar refractivity (Wildman–Crippen MR) is 110 cm³/mol. The second-order valence-electron chi connectivity index (χ2n) is 6.21. The second kappa shape index (κ2) is 8.74. The van der Waals surface area contributed by atoms with Crippen molar-refractivity contribution < 1.29 is 14.5 Å². The number of rotatable bonds is 7. The van der Waals surface area contributed by atoms with Crippen LogP contribution in [0.2, 0.25) is 0 Å². The first-order valence-corrected chi connectivity index (χ1v) is 9.59. The van der Waals surface area contributed by atoms with Crippen molar-refractivity contribution in [3.8, 4) is 17.1 Å². The maximum absolute atomic E-state index is 12.3. The number of aromatic nitrogens is 3. The lowest BCUT2D eigenvalue weighted by Gasteiger charge is -2.08. The summed E-state index contributed by atoms with van der Waals surface area (Å²) in [5.41, 5.74) is 1.92. The van der Waals surface area contributed by atoms with E-state index in [9.17, 15) is 14.9 Å². The average Bonchev–Trinajstić information content (AvgIpc) is 3.07. The Morgan fingerprint density at radius 2 is 2.07 bits per heavy atom. The lowest BCUT2D eigenvalue weighted by atomic mass is 10.1. The Kier molecular flexibility index (Phi) is 6.13. The first-order chi connectivity index (χ1) is 13.9. The van der Waals surface area contributed by atoms with Crippen LogP contribution in [0.15, 0.2) is 47.6 Å². The molecule has 0 aliphatic carbocycles. The monoisotopic (exact) mass is 413 g/mol. The number of carbonyl (C=O) groups is 1. The molecule has 0 spiro atoms. The number of anilines is 1. The first-order valence-electron chi connectivity index (χ1n) is 8.60. The quantitative estimate of drug-likeness (QED) is 0.359. The van der Waals surface area contributed by atoms with Crippen LogP contribution < -0.4 is 10.1 Å². The van der Waals surface area contributed by atoms with E-state index in [-0.39, 0.29) is 23.0 Å². The zero-order valence-corrected chi connectivity index (χ0v) is 16.9. The molecule has 0 unspecified atom stereocenters. The molecule has 3 aromatic rings. The zero-order chi connectivity index (χ0) is 21.0. The van der Waals surface area contributed by atoms with Gasteiger partial charge >= 0.3 is 0 Å². The lowest BCUT2D eigenvalue weighted by Crippen LogP contribution is -2.15. The summed E-state index contributed by atoms with van der Waals surface area (Å²) in [4.78, 5) is 23.0. The number of benzene rings is 2. The van der Waals surface area contributed by atoms with Gasteiger partial charge in [0.25, 0.3) is 5.69 Å². The van der Waals surface area contributed by atoms with Crippen LogP contribution in [-0.4, -0.2) is 38.5 Å². The molecule has 0 atom stereocenters. The normalized spacial score (nSPS) is 10.6. The number of thioether (sulfide) groups is 1. The van der Waals surface area contributed by atoms with E-state index in [1.807, 2.05) is 42.8 Å². The maximum atomic E-state index is 12.3. The third-order valence-corrected chi connectivity index (χ3v) is 5.14. The van der Waals surface area contributed by atoms with Gasteiger partial charge in [-0.2, -0.15) is 0 Å². The van der Waals surface area contributed by atoms with Crippen molar-refractivity contribution in [2.75, 3.05) is 18.2 Å². The number of hydrogen-bond acceptors (Lipinski definition) is 7. The number of nitrogens with zero attached hydrogens (tertiary/aromatic N) is 4. The Bertz CT molecular complexity index is 1070. The van der Waals surface area contributed by atoms with Gasteiger partial charge in [0, 0.05) is 12.6 Å². The summed E-state index contributed by atoms with van der Waals surface area (Å²) in [6.45, 7) is 2.00. The number of nitro groups is 1. The molecule has 1 aromatic heterocycles. The molecule has 0 saturated carbocycles. The highest BCUT2D eigenvalue weighted by Gasteiger charge is 2.18. The van der Waals surface area contributed by atoms with Crippen molar-refractivity contribution in [1.82, 2.24) is 14.8 Å². The van der Waals surface area contributed by atoms with Crippen LogP contribution in [0.1, 0.15) is 5.56 Å². The van der Waals surface area contributed by atoms with E-state index in [0.29, 0.717) is 16.7 Å². The van der Waals surface area contributed by atoms with Crippen molar-refractivity contribution >= 4 is 29.0 Å². The molecule has 0 aliphatic rings. The number of carbonyl (C=O) groups excluding carboxylic acids is 1. The van der Waals surface area contributed by atoms with E-state index in [0.717, 1.165) is 11.1 Å². The third kappa shape index (κ3) is 4.72. The molecule has 150 valence electrons. The molecular weight excluding hydrogens is 394 g/mol. The Hall–Kier alpha value is -3.40. The highest BCUT2D eigenvalue weighted by atomic mass is 32.2. The number of ether oxygens (including phenoxy) is 1. The van der Waals surface area contributed by atoms with E-state index in [1.165, 1.54) is 31.0 Å². The van der Waals surface area contributed by atoms with Gasteiger partial charge in [-0.25, -0.2) is 0 Å². The van der Waals surface area contributed by atoms with Gasteiger partial charge in [-0.1, -0.05) is 35.5 Å². The number of amides is 1.